The predicted octanol–water partition coefficient (Wildman–Crippen LogP) is 2.60. The molecule has 0 N–H and O–H groups in total. The summed E-state index contributed by atoms with van der Waals surface area (Å²) in [4.78, 5) is 0. The molecule has 0 amide bonds. The Morgan fingerprint density at radius 1 is 1.31 bits per heavy atom. The number of aryl methyl sites for hydroxylation is 1. The van der Waals surface area contributed by atoms with E-state index in [9.17, 15) is 0 Å². The van der Waals surface area contributed by atoms with Crippen molar-refractivity contribution in [2.75, 3.05) is 0 Å². The van der Waals surface area contributed by atoms with E-state index in [-0.39, 0.29) is 0 Å². The Morgan fingerprint density at radius 2 is 2.12 bits per heavy atom. The number of hydrogen-bond donors (Lipinski definition) is 0. The molecule has 1 rings (SSSR count). The van der Waals surface area contributed by atoms with Crippen molar-refractivity contribution in [3.8, 4) is 5.75 Å². The van der Waals surface area contributed by atoms with Gasteiger partial charge in [-0.15, -0.1) is 0 Å². The van der Waals surface area contributed by atoms with Gasteiger partial charge in [-0.3, -0.25) is 0 Å². The number of unbranched alkanes of at least 4 members (excludes halogenated alkanes) is 1. The first-order chi connectivity index (χ1) is 7.83. The van der Waals surface area contributed by atoms with E-state index in [1.807, 2.05) is 0 Å². The van der Waals surface area contributed by atoms with Gasteiger partial charge in [-0.05, 0) is 0 Å². The second-order valence-electron chi connectivity index (χ2n) is 3.64. The molecule has 16 heavy (non-hydrogen) atoms. The first kappa shape index (κ1) is 14.6. The van der Waals surface area contributed by atoms with Crippen LogP contribution in [0.2, 0.25) is 0 Å². The Morgan fingerprint density at radius 3 is 2.75 bits per heavy atom. The molecule has 1 aromatic rings. The summed E-state index contributed by atoms with van der Waals surface area (Å²) in [6.45, 7) is 4.43. The predicted molar refractivity (Wildman–Crippen MR) is 67.7 cm³/mol. The normalized spacial score (nSPS) is 10.4. The van der Waals surface area contributed by atoms with Gasteiger partial charge in [-0.2, -0.15) is 0 Å². The summed E-state index contributed by atoms with van der Waals surface area (Å²) < 4.78 is 11.0. The standard InChI is InChI=1S/C12H18O.O.2Sn/c1-3-5-8-11-10(4-2)7-6-9-12(11)13;;;/h6-7,9,13H,3-5,8H2,1-2H3;;;/q;;;+1/p-1. The van der Waals surface area contributed by atoms with Gasteiger partial charge in [0.1, 0.15) is 0 Å². The van der Waals surface area contributed by atoms with Gasteiger partial charge in [0.05, 0.1) is 0 Å². The van der Waals surface area contributed by atoms with Crippen molar-refractivity contribution >= 4 is 44.9 Å². The van der Waals surface area contributed by atoms with Crippen LogP contribution in [0.3, 0.4) is 0 Å². The van der Waals surface area contributed by atoms with E-state index >= 15 is 0 Å². The summed E-state index contributed by atoms with van der Waals surface area (Å²) in [5.74, 6) is 1.07. The van der Waals surface area contributed by atoms with Crippen molar-refractivity contribution < 1.29 is 4.49 Å². The third-order valence-electron chi connectivity index (χ3n) is 2.58. The minimum absolute atomic E-state index is 1.07. The van der Waals surface area contributed by atoms with Crippen molar-refractivity contribution in [1.82, 2.24) is 0 Å². The molecule has 0 saturated carbocycles. The van der Waals surface area contributed by atoms with Crippen LogP contribution in [0.5, 0.6) is 5.75 Å². The van der Waals surface area contributed by atoms with E-state index < -0.39 is 22.0 Å². The minimum atomic E-state index is -1.07. The monoisotopic (exact) mass is 433 g/mol. The molecule has 4 heteroatoms. The van der Waals surface area contributed by atoms with Crippen molar-refractivity contribution in [3.63, 3.8) is 0 Å². The molecule has 0 aliphatic carbocycles. The van der Waals surface area contributed by atoms with Crippen LogP contribution in [0.25, 0.3) is 0 Å². The Bertz CT molecular complexity index is 316. The molecule has 0 aliphatic rings. The molecule has 0 unspecified atom stereocenters. The van der Waals surface area contributed by atoms with E-state index in [1.165, 1.54) is 24.0 Å². The molecule has 0 saturated heterocycles. The number of hydrogen-bond acceptors (Lipinski definition) is 2. The third-order valence-corrected chi connectivity index (χ3v) is 5.28. The van der Waals surface area contributed by atoms with Crippen LogP contribution >= 0.6 is 0 Å². The summed E-state index contributed by atoms with van der Waals surface area (Å²) in [7, 11) is 0. The molecule has 0 spiro atoms. The fourth-order valence-corrected chi connectivity index (χ4v) is 3.46. The molecule has 2 nitrogen and oxygen atoms in total. The summed E-state index contributed by atoms with van der Waals surface area (Å²) in [6.07, 6.45) is 4.68. The maximum atomic E-state index is 5.80. The molecular formula is C12H17O2Sn2. The number of rotatable bonds is 7. The van der Waals surface area contributed by atoms with E-state index in [2.05, 4.69) is 32.0 Å². The zero-order valence-electron chi connectivity index (χ0n) is 9.88. The van der Waals surface area contributed by atoms with Crippen molar-refractivity contribution in [2.45, 2.75) is 39.5 Å². The number of benzene rings is 1. The summed E-state index contributed by atoms with van der Waals surface area (Å²) in [5, 5.41) is 0. The molecular weight excluding hydrogens is 414 g/mol. The molecule has 0 heterocycles. The van der Waals surface area contributed by atoms with Crippen LogP contribution in [0.4, 0.5) is 0 Å². The molecule has 0 fully saturated rings. The molecule has 0 bridgehead atoms. The van der Waals surface area contributed by atoms with Gasteiger partial charge in [0.15, 0.2) is 0 Å². The van der Waals surface area contributed by atoms with Gasteiger partial charge in [-0.25, -0.2) is 0 Å². The fourth-order valence-electron chi connectivity index (χ4n) is 1.74. The van der Waals surface area contributed by atoms with Crippen LogP contribution in [0.1, 0.15) is 37.8 Å². The van der Waals surface area contributed by atoms with Gasteiger partial charge < -0.3 is 0 Å². The van der Waals surface area contributed by atoms with Crippen molar-refractivity contribution in [2.24, 2.45) is 0 Å². The van der Waals surface area contributed by atoms with E-state index in [1.54, 1.807) is 0 Å². The van der Waals surface area contributed by atoms with Gasteiger partial charge in [-0.1, -0.05) is 0 Å². The second-order valence-corrected chi connectivity index (χ2v) is 9.19. The van der Waals surface area contributed by atoms with Crippen molar-refractivity contribution in [3.05, 3.63) is 29.3 Å². The van der Waals surface area contributed by atoms with E-state index in [0.29, 0.717) is 0 Å². The van der Waals surface area contributed by atoms with Crippen molar-refractivity contribution in [1.29, 1.82) is 0 Å². The quantitative estimate of drug-likeness (QED) is 0.619. The first-order valence-corrected chi connectivity index (χ1v) is 9.18. The van der Waals surface area contributed by atoms with E-state index in [4.69, 9.17) is 4.49 Å². The third kappa shape index (κ3) is 4.45. The van der Waals surface area contributed by atoms with Crippen LogP contribution < -0.4 is 3.07 Å². The SMILES string of the molecule is CCCCc1c(CC)cccc1[O][Sn][O][Sn]. The fraction of sp³-hybridized carbons (Fsp3) is 0.500. The first-order valence-electron chi connectivity index (χ1n) is 5.68. The molecule has 5 radical (unpaired) electrons. The second kappa shape index (κ2) is 8.64. The zero-order valence-corrected chi connectivity index (χ0v) is 15.6. The van der Waals surface area contributed by atoms with Gasteiger partial charge in [0.25, 0.3) is 0 Å². The summed E-state index contributed by atoms with van der Waals surface area (Å²) in [5.41, 5.74) is 2.83. The average molecular weight is 431 g/mol. The van der Waals surface area contributed by atoms with Gasteiger partial charge in [0.2, 0.25) is 0 Å². The molecule has 85 valence electrons. The molecule has 0 aliphatic heterocycles. The average Bonchev–Trinajstić information content (AvgIpc) is 2.33. The van der Waals surface area contributed by atoms with Gasteiger partial charge in [0, 0.05) is 0 Å². The topological polar surface area (TPSA) is 18.5 Å². The Kier molecular flexibility index (Phi) is 7.90. The molecule has 0 atom stereocenters. The van der Waals surface area contributed by atoms with E-state index in [0.717, 1.165) is 41.5 Å². The summed E-state index contributed by atoms with van der Waals surface area (Å²) in [6, 6.07) is 6.38. The molecule has 1 aromatic carbocycles. The zero-order chi connectivity index (χ0) is 11.8. The maximum absolute atomic E-state index is 5.80. The summed E-state index contributed by atoms with van der Waals surface area (Å²) >= 11 is 0.0584. The van der Waals surface area contributed by atoms with Crippen LogP contribution in [-0.4, -0.2) is 44.9 Å². The van der Waals surface area contributed by atoms with Crippen LogP contribution in [0, 0.1) is 0 Å². The van der Waals surface area contributed by atoms with Crippen LogP contribution in [0.15, 0.2) is 18.2 Å². The Balaban J connectivity index is 2.86. The van der Waals surface area contributed by atoms with Crippen LogP contribution in [-0.2, 0) is 14.3 Å². The molecule has 0 aromatic heterocycles. The Labute approximate surface area is 123 Å². The van der Waals surface area contributed by atoms with Gasteiger partial charge >= 0.3 is 124 Å². The Hall–Kier alpha value is 0.577.